The molecule has 1 aliphatic heterocycles. The van der Waals surface area contributed by atoms with Gasteiger partial charge in [-0.3, -0.25) is 50.2 Å². The number of nitrogens with zero attached hydrogens (tertiary/aromatic N) is 2. The number of H-pyrrole nitrogens is 2. The van der Waals surface area contributed by atoms with Crippen LogP contribution in [0.15, 0.2) is 9.59 Å². The van der Waals surface area contributed by atoms with Gasteiger partial charge in [0.15, 0.2) is 0 Å². The SMILES string of the molecule is Cc1[nH]c(=O)[nH]c(=O)c1[N+](=O)[O-].O=C1NC(=O)C([N+](=O)[O-])C(=O)N1. The first kappa shape index (κ1) is 18.1. The molecule has 2 heterocycles. The van der Waals surface area contributed by atoms with Gasteiger partial charge in [-0.1, -0.05) is 0 Å². The molecule has 1 aliphatic rings. The van der Waals surface area contributed by atoms with Crippen molar-refractivity contribution in [1.82, 2.24) is 20.6 Å². The van der Waals surface area contributed by atoms with Crippen LogP contribution in [0.1, 0.15) is 5.69 Å². The molecule has 0 bridgehead atoms. The van der Waals surface area contributed by atoms with Crippen LogP contribution in [0.5, 0.6) is 0 Å². The molecular weight excluding hydrogens is 336 g/mol. The Kier molecular flexibility index (Phi) is 5.22. The molecule has 0 aromatic carbocycles. The molecule has 1 aromatic rings. The van der Waals surface area contributed by atoms with Crippen molar-refractivity contribution in [2.24, 2.45) is 0 Å². The Morgan fingerprint density at radius 1 is 0.917 bits per heavy atom. The summed E-state index contributed by atoms with van der Waals surface area (Å²) >= 11 is 0. The molecule has 0 aliphatic carbocycles. The van der Waals surface area contributed by atoms with E-state index in [1.54, 1.807) is 15.6 Å². The van der Waals surface area contributed by atoms with Gasteiger partial charge in [-0.2, -0.15) is 0 Å². The third kappa shape index (κ3) is 4.06. The molecule has 1 aromatic heterocycles. The van der Waals surface area contributed by atoms with Crippen molar-refractivity contribution < 1.29 is 24.2 Å². The first-order chi connectivity index (χ1) is 11.0. The molecule has 1 saturated heterocycles. The van der Waals surface area contributed by atoms with Gasteiger partial charge in [0.1, 0.15) is 5.69 Å². The lowest BCUT2D eigenvalue weighted by Crippen LogP contribution is -2.61. The summed E-state index contributed by atoms with van der Waals surface area (Å²) in [6.45, 7) is 1.29. The highest BCUT2D eigenvalue weighted by molar-refractivity contribution is 6.17. The molecule has 0 radical (unpaired) electrons. The summed E-state index contributed by atoms with van der Waals surface area (Å²) in [5.41, 5.74) is -2.41. The third-order valence-corrected chi connectivity index (χ3v) is 2.46. The number of hydrogen-bond donors (Lipinski definition) is 4. The van der Waals surface area contributed by atoms with Gasteiger partial charge >= 0.3 is 40.8 Å². The Hall–Kier alpha value is -3.91. The zero-order valence-electron chi connectivity index (χ0n) is 11.6. The van der Waals surface area contributed by atoms with Crippen molar-refractivity contribution >= 4 is 23.5 Å². The first-order valence-electron chi connectivity index (χ1n) is 5.81. The van der Waals surface area contributed by atoms with Crippen LogP contribution < -0.4 is 21.9 Å². The lowest BCUT2D eigenvalue weighted by Gasteiger charge is -2.13. The highest BCUT2D eigenvalue weighted by Crippen LogP contribution is 2.04. The predicted octanol–water partition coefficient (Wildman–Crippen LogP) is -2.72. The Balaban J connectivity index is 0.000000240. The predicted molar refractivity (Wildman–Crippen MR) is 71.5 cm³/mol. The van der Waals surface area contributed by atoms with Crippen molar-refractivity contribution in [1.29, 1.82) is 0 Å². The molecule has 0 atom stereocenters. The van der Waals surface area contributed by atoms with Gasteiger partial charge in [0.05, 0.1) is 4.92 Å². The standard InChI is InChI=1S/C5H5N3O4.C4H3N3O5/c1-2-3(8(11)12)4(9)7-5(10)6-2;8-2-1(7(11)12)3(9)6-4(10)5-2/h1H3,(H2,6,7,9,10);1H,(H2,5,6,8,9,10). The molecule has 15 heteroatoms. The van der Waals surface area contributed by atoms with E-state index in [9.17, 15) is 44.2 Å². The Morgan fingerprint density at radius 2 is 1.42 bits per heavy atom. The minimum atomic E-state index is -2.03. The fourth-order valence-electron chi connectivity index (χ4n) is 1.52. The maximum Gasteiger partial charge on any atom is 0.366 e. The monoisotopic (exact) mass is 344 g/mol. The van der Waals surface area contributed by atoms with Crippen LogP contribution in [0.25, 0.3) is 0 Å². The normalized spacial score (nSPS) is 14.1. The minimum Gasteiger partial charge on any atom is -0.305 e. The minimum absolute atomic E-state index is 0.0475. The molecule has 24 heavy (non-hydrogen) atoms. The molecule has 15 nitrogen and oxygen atoms in total. The van der Waals surface area contributed by atoms with Crippen LogP contribution in [-0.4, -0.2) is 43.7 Å². The number of urea groups is 1. The van der Waals surface area contributed by atoms with E-state index in [1.165, 1.54) is 6.92 Å². The fraction of sp³-hybridized carbons (Fsp3) is 0.222. The Morgan fingerprint density at radius 3 is 1.79 bits per heavy atom. The van der Waals surface area contributed by atoms with Crippen molar-refractivity contribution in [3.05, 3.63) is 46.8 Å². The van der Waals surface area contributed by atoms with Gasteiger partial charge in [-0.25, -0.2) is 9.59 Å². The van der Waals surface area contributed by atoms with E-state index in [4.69, 9.17) is 0 Å². The summed E-state index contributed by atoms with van der Waals surface area (Å²) in [6, 6.07) is -3.06. The summed E-state index contributed by atoms with van der Waals surface area (Å²) in [6.07, 6.45) is 0. The van der Waals surface area contributed by atoms with Crippen molar-refractivity contribution in [2.45, 2.75) is 13.0 Å². The average Bonchev–Trinajstić information content (AvgIpc) is 2.35. The highest BCUT2D eigenvalue weighted by Gasteiger charge is 2.43. The molecule has 0 saturated carbocycles. The summed E-state index contributed by atoms with van der Waals surface area (Å²) in [5.74, 6) is -2.43. The van der Waals surface area contributed by atoms with Gasteiger partial charge in [-0.05, 0) is 6.92 Å². The summed E-state index contributed by atoms with van der Waals surface area (Å²) in [4.78, 5) is 75.2. The van der Waals surface area contributed by atoms with Crippen LogP contribution >= 0.6 is 0 Å². The molecular formula is C9H8N6O9. The summed E-state index contributed by atoms with van der Waals surface area (Å²) in [5, 5.41) is 23.5. The van der Waals surface area contributed by atoms with Crippen LogP contribution in [0.4, 0.5) is 10.5 Å². The number of nitro groups is 2. The number of carbonyl (C=O) groups excluding carboxylic acids is 3. The molecule has 4 amide bonds. The zero-order valence-corrected chi connectivity index (χ0v) is 11.6. The van der Waals surface area contributed by atoms with Crippen molar-refractivity contribution in [3.63, 3.8) is 0 Å². The molecule has 0 spiro atoms. The molecule has 1 fully saturated rings. The lowest BCUT2D eigenvalue weighted by atomic mass is 10.2. The molecule has 128 valence electrons. The number of amides is 4. The molecule has 2 rings (SSSR count). The number of barbiturate groups is 1. The van der Waals surface area contributed by atoms with E-state index in [-0.39, 0.29) is 5.69 Å². The van der Waals surface area contributed by atoms with Gasteiger partial charge in [0.2, 0.25) is 0 Å². The first-order valence-corrected chi connectivity index (χ1v) is 5.81. The number of hydrogen-bond acceptors (Lipinski definition) is 9. The third-order valence-electron chi connectivity index (χ3n) is 2.46. The second kappa shape index (κ2) is 6.90. The number of aryl methyl sites for hydroxylation is 1. The second-order valence-corrected chi connectivity index (χ2v) is 4.13. The Bertz CT molecular complexity index is 832. The average molecular weight is 344 g/mol. The van der Waals surface area contributed by atoms with Crippen LogP contribution in [0.2, 0.25) is 0 Å². The highest BCUT2D eigenvalue weighted by atomic mass is 16.6. The van der Waals surface area contributed by atoms with E-state index >= 15 is 0 Å². The quantitative estimate of drug-likeness (QED) is 0.247. The van der Waals surface area contributed by atoms with Crippen LogP contribution in [0.3, 0.4) is 0 Å². The molecule has 0 unspecified atom stereocenters. The number of rotatable bonds is 2. The Labute approximate surface area is 129 Å². The fourth-order valence-corrected chi connectivity index (χ4v) is 1.52. The second-order valence-electron chi connectivity index (χ2n) is 4.13. The number of nitrogens with one attached hydrogen (secondary N) is 4. The number of imide groups is 2. The number of aromatic amines is 2. The largest absolute Gasteiger partial charge is 0.366 e. The van der Waals surface area contributed by atoms with E-state index in [0.717, 1.165) is 0 Å². The van der Waals surface area contributed by atoms with Gasteiger partial charge in [0, 0.05) is 4.92 Å². The smallest absolute Gasteiger partial charge is 0.305 e. The lowest BCUT2D eigenvalue weighted by molar-refractivity contribution is -0.494. The maximum atomic E-state index is 10.8. The topological polar surface area (TPSA) is 227 Å². The number of carbonyl (C=O) groups is 3. The zero-order chi connectivity index (χ0) is 18.6. The van der Waals surface area contributed by atoms with E-state index < -0.39 is 50.7 Å². The maximum absolute atomic E-state index is 10.8. The van der Waals surface area contributed by atoms with Crippen molar-refractivity contribution in [3.8, 4) is 0 Å². The van der Waals surface area contributed by atoms with Gasteiger partial charge in [0.25, 0.3) is 0 Å². The van der Waals surface area contributed by atoms with Crippen LogP contribution in [-0.2, 0) is 9.59 Å². The van der Waals surface area contributed by atoms with E-state index in [0.29, 0.717) is 0 Å². The number of aromatic nitrogens is 2. The summed E-state index contributed by atoms with van der Waals surface area (Å²) < 4.78 is 0. The summed E-state index contributed by atoms with van der Waals surface area (Å²) in [7, 11) is 0. The van der Waals surface area contributed by atoms with Gasteiger partial charge in [-0.15, -0.1) is 0 Å². The van der Waals surface area contributed by atoms with Gasteiger partial charge < -0.3 is 4.98 Å². The van der Waals surface area contributed by atoms with Crippen molar-refractivity contribution in [2.75, 3.05) is 0 Å². The van der Waals surface area contributed by atoms with Crippen LogP contribution in [0, 0.1) is 27.2 Å². The molecule has 4 N–H and O–H groups in total. The van der Waals surface area contributed by atoms with E-state index in [1.807, 2.05) is 0 Å². The van der Waals surface area contributed by atoms with E-state index in [2.05, 4.69) is 4.98 Å².